The minimum Gasteiger partial charge on any atom is -0.396 e. The zero-order chi connectivity index (χ0) is 27.2. The van der Waals surface area contributed by atoms with Crippen molar-refractivity contribution in [3.8, 4) is 0 Å². The summed E-state index contributed by atoms with van der Waals surface area (Å²) < 4.78 is 6.60. The molecular weight excluding hydrogens is 538 g/mol. The number of likely N-dealkylation sites (tertiary alicyclic amines) is 1. The van der Waals surface area contributed by atoms with Crippen LogP contribution in [0.15, 0.2) is 25.3 Å². The quantitative estimate of drug-likeness (QED) is 0.172. The fourth-order valence-corrected chi connectivity index (χ4v) is 7.33. The average Bonchev–Trinajstić information content (AvgIpc) is 3.46. The molecule has 37 heavy (non-hydrogen) atoms. The van der Waals surface area contributed by atoms with Crippen molar-refractivity contribution >= 4 is 33.7 Å². The van der Waals surface area contributed by atoms with Crippen LogP contribution in [0.3, 0.4) is 0 Å². The molecule has 0 radical (unpaired) electrons. The van der Waals surface area contributed by atoms with Crippen LogP contribution in [0.2, 0.25) is 0 Å². The van der Waals surface area contributed by atoms with Gasteiger partial charge in [-0.2, -0.15) is 0 Å². The molecule has 1 spiro atoms. The summed E-state index contributed by atoms with van der Waals surface area (Å²) in [4.78, 5) is 46.8. The summed E-state index contributed by atoms with van der Waals surface area (Å²) >= 11 is 3.73. The molecule has 0 aromatic rings. The van der Waals surface area contributed by atoms with Crippen molar-refractivity contribution in [2.75, 3.05) is 39.8 Å². The Morgan fingerprint density at radius 3 is 2.49 bits per heavy atom. The lowest BCUT2D eigenvalue weighted by molar-refractivity contribution is -0.148. The second kappa shape index (κ2) is 13.4. The smallest absolute Gasteiger partial charge is 0.248 e. The third kappa shape index (κ3) is 5.83. The second-order valence-electron chi connectivity index (χ2n) is 10.6. The summed E-state index contributed by atoms with van der Waals surface area (Å²) in [6, 6.07) is -0.767. The summed E-state index contributed by atoms with van der Waals surface area (Å²) in [6.45, 7) is 11.7. The number of carbonyl (C=O) groups excluding carboxylic acids is 3. The van der Waals surface area contributed by atoms with Gasteiger partial charge >= 0.3 is 0 Å². The van der Waals surface area contributed by atoms with Crippen LogP contribution < -0.4 is 0 Å². The van der Waals surface area contributed by atoms with Crippen LogP contribution in [0.4, 0.5) is 0 Å². The van der Waals surface area contributed by atoms with E-state index in [4.69, 9.17) is 9.84 Å². The van der Waals surface area contributed by atoms with Gasteiger partial charge in [0.25, 0.3) is 0 Å². The molecule has 0 aliphatic carbocycles. The third-order valence-electron chi connectivity index (χ3n) is 8.09. The van der Waals surface area contributed by atoms with E-state index < -0.39 is 29.6 Å². The van der Waals surface area contributed by atoms with E-state index in [2.05, 4.69) is 36.0 Å². The number of likely N-dealkylation sites (N-methyl/N-ethyl adjacent to an activating group) is 1. The predicted octanol–water partition coefficient (Wildman–Crippen LogP) is 3.14. The Bertz CT molecular complexity index is 854. The molecule has 1 N–H and O–H groups in total. The van der Waals surface area contributed by atoms with Crippen LogP contribution >= 0.6 is 15.9 Å². The van der Waals surface area contributed by atoms with Crippen molar-refractivity contribution in [2.24, 2.45) is 11.8 Å². The van der Waals surface area contributed by atoms with Gasteiger partial charge in [-0.15, -0.1) is 13.2 Å². The number of alkyl halides is 1. The van der Waals surface area contributed by atoms with E-state index in [0.717, 1.165) is 44.9 Å². The number of carbonyl (C=O) groups is 3. The number of hydrogen-bond acceptors (Lipinski definition) is 5. The van der Waals surface area contributed by atoms with Crippen molar-refractivity contribution in [1.29, 1.82) is 0 Å². The van der Waals surface area contributed by atoms with E-state index in [9.17, 15) is 14.4 Å². The standard InChI is InChI=1S/C28H44BrN3O5/c1-5-8-11-16-31(15-7-3)27(36)24-28-19-20(29)23(37-28)21(25(34)30(4)14-6-2)22(28)26(35)32(24)17-12-9-10-13-18-33/h6-7,20-24,33H,2-3,5,8-19H2,1,4H3/t20?,21-,22-,23-,24?,28?/m0/s1. The molecule has 9 heteroatoms. The molecule has 0 saturated carbocycles. The molecule has 0 aromatic carbocycles. The van der Waals surface area contributed by atoms with Gasteiger partial charge < -0.3 is 24.5 Å². The first kappa shape index (κ1) is 29.8. The predicted molar refractivity (Wildman–Crippen MR) is 147 cm³/mol. The third-order valence-corrected chi connectivity index (χ3v) is 8.93. The number of unbranched alkanes of at least 4 members (excludes halogenated alkanes) is 5. The molecule has 2 bridgehead atoms. The molecule has 3 aliphatic rings. The maximum atomic E-state index is 14.2. The molecule has 208 valence electrons. The molecule has 0 aromatic heterocycles. The van der Waals surface area contributed by atoms with Crippen molar-refractivity contribution in [2.45, 2.75) is 80.9 Å². The number of hydrogen-bond donors (Lipinski definition) is 1. The zero-order valence-corrected chi connectivity index (χ0v) is 24.0. The fraction of sp³-hybridized carbons (Fsp3) is 0.750. The summed E-state index contributed by atoms with van der Waals surface area (Å²) in [5.41, 5.74) is -1.03. The van der Waals surface area contributed by atoms with Gasteiger partial charge in [-0.3, -0.25) is 14.4 Å². The number of fused-ring (bicyclic) bond motifs is 1. The lowest BCUT2D eigenvalue weighted by Gasteiger charge is -2.37. The average molecular weight is 583 g/mol. The van der Waals surface area contributed by atoms with Gasteiger partial charge in [-0.25, -0.2) is 0 Å². The highest BCUT2D eigenvalue weighted by atomic mass is 79.9. The maximum Gasteiger partial charge on any atom is 0.248 e. The number of rotatable bonds is 16. The fourth-order valence-electron chi connectivity index (χ4n) is 6.39. The van der Waals surface area contributed by atoms with E-state index in [1.54, 1.807) is 33.9 Å². The Kier molecular flexibility index (Phi) is 10.8. The highest BCUT2D eigenvalue weighted by molar-refractivity contribution is 9.09. The van der Waals surface area contributed by atoms with Crippen LogP contribution in [0, 0.1) is 11.8 Å². The van der Waals surface area contributed by atoms with Gasteiger partial charge in [0.05, 0.1) is 17.9 Å². The maximum absolute atomic E-state index is 14.2. The van der Waals surface area contributed by atoms with Crippen LogP contribution in [0.25, 0.3) is 0 Å². The number of nitrogens with zero attached hydrogens (tertiary/aromatic N) is 3. The van der Waals surface area contributed by atoms with E-state index in [0.29, 0.717) is 32.6 Å². The number of ether oxygens (including phenoxy) is 1. The van der Waals surface area contributed by atoms with Gasteiger partial charge in [0.15, 0.2) is 0 Å². The van der Waals surface area contributed by atoms with E-state index in [1.165, 1.54) is 0 Å². The van der Waals surface area contributed by atoms with E-state index >= 15 is 0 Å². The molecule has 8 nitrogen and oxygen atoms in total. The number of aliphatic hydroxyl groups is 1. The van der Waals surface area contributed by atoms with Crippen LogP contribution in [-0.4, -0.2) is 99.9 Å². The van der Waals surface area contributed by atoms with Crippen LogP contribution in [-0.2, 0) is 19.1 Å². The molecule has 6 atom stereocenters. The van der Waals surface area contributed by atoms with Gasteiger partial charge in [-0.1, -0.05) is 60.7 Å². The Hall–Kier alpha value is -1.71. The topological polar surface area (TPSA) is 90.4 Å². The van der Waals surface area contributed by atoms with Gasteiger partial charge in [0, 0.05) is 44.7 Å². The lowest BCUT2D eigenvalue weighted by atomic mass is 9.70. The molecule has 3 rings (SSSR count). The largest absolute Gasteiger partial charge is 0.396 e. The SMILES string of the molecule is C=CCN(C)C(=O)[C@H]1[C@H]2C(=O)N(CCCCCCO)C(C(=O)N(CC=C)CCCCC)C23CC(Br)[C@@H]1O3. The first-order valence-electron chi connectivity index (χ1n) is 13.8. The second-order valence-corrected chi connectivity index (χ2v) is 11.8. The molecule has 3 unspecified atom stereocenters. The normalized spacial score (nSPS) is 29.9. The molecular formula is C28H44BrN3O5. The Morgan fingerprint density at radius 1 is 1.14 bits per heavy atom. The van der Waals surface area contributed by atoms with Crippen LogP contribution in [0.1, 0.15) is 58.3 Å². The molecule has 3 amide bonds. The van der Waals surface area contributed by atoms with Gasteiger partial charge in [-0.05, 0) is 25.7 Å². The van der Waals surface area contributed by atoms with Crippen LogP contribution in [0.5, 0.6) is 0 Å². The first-order valence-corrected chi connectivity index (χ1v) is 14.7. The molecule has 3 aliphatic heterocycles. The lowest BCUT2D eigenvalue weighted by Crippen LogP contribution is -2.57. The van der Waals surface area contributed by atoms with E-state index in [1.807, 2.05) is 0 Å². The Labute approximate surface area is 230 Å². The van der Waals surface area contributed by atoms with Crippen molar-refractivity contribution in [1.82, 2.24) is 14.7 Å². The summed E-state index contributed by atoms with van der Waals surface area (Å²) in [5.74, 6) is -1.73. The summed E-state index contributed by atoms with van der Waals surface area (Å²) in [7, 11) is 1.71. The molecule has 3 saturated heterocycles. The number of aliphatic hydroxyl groups excluding tert-OH is 1. The highest BCUT2D eigenvalue weighted by Gasteiger charge is 2.76. The van der Waals surface area contributed by atoms with Crippen molar-refractivity contribution in [3.63, 3.8) is 0 Å². The summed E-state index contributed by atoms with van der Waals surface area (Å²) in [5, 5.41) is 9.12. The van der Waals surface area contributed by atoms with Crippen molar-refractivity contribution < 1.29 is 24.2 Å². The zero-order valence-electron chi connectivity index (χ0n) is 22.4. The summed E-state index contributed by atoms with van der Waals surface area (Å²) in [6.07, 6.45) is 9.55. The monoisotopic (exact) mass is 581 g/mol. The van der Waals surface area contributed by atoms with E-state index in [-0.39, 0.29) is 29.2 Å². The molecule has 3 heterocycles. The minimum atomic E-state index is -1.03. The highest BCUT2D eigenvalue weighted by Crippen LogP contribution is 2.60. The number of halogens is 1. The first-order chi connectivity index (χ1) is 17.8. The van der Waals surface area contributed by atoms with Crippen molar-refractivity contribution in [3.05, 3.63) is 25.3 Å². The van der Waals surface area contributed by atoms with Gasteiger partial charge in [0.2, 0.25) is 17.7 Å². The van der Waals surface area contributed by atoms with Gasteiger partial charge in [0.1, 0.15) is 11.6 Å². The Morgan fingerprint density at radius 2 is 1.84 bits per heavy atom. The minimum absolute atomic E-state index is 0.115. The Balaban J connectivity index is 1.96. The molecule has 3 fully saturated rings. The number of amides is 3.